The molecule has 252 valence electrons. The standard InChI is InChI=1S/C54H30O/c1-2-11-44-31(6-1)18-27-47-53-43(12-5-13-48(53)55-54(44)47)40-29-38(41-23-19-36-16-14-32-7-3-9-34-21-25-45(41)51(36)49(32)34)28-39(30-40)42-24-20-37-17-15-33-8-4-10-35-22-26-46(42)52(37)50(33)35/h1-30H/i1D,2D,3D,4D,5D,6D,7D,8D,9D,10D,11D,12D,13D,14D,15D,16D,17D,18D,19D,20D,21D,22D,23D,24D,25D,26D,27D,28D,29D,30D. The maximum absolute atomic E-state index is 10.4. The van der Waals surface area contributed by atoms with E-state index in [2.05, 4.69) is 0 Å². The van der Waals surface area contributed by atoms with Crippen LogP contribution in [0, 0.1) is 0 Å². The third-order valence-corrected chi connectivity index (χ3v) is 9.87. The van der Waals surface area contributed by atoms with E-state index in [0.29, 0.717) is 0 Å². The molecule has 0 aliphatic heterocycles. The van der Waals surface area contributed by atoms with Crippen molar-refractivity contribution in [3.05, 3.63) is 181 Å². The molecule has 0 saturated carbocycles. The fourth-order valence-corrected chi connectivity index (χ4v) is 7.50. The van der Waals surface area contributed by atoms with E-state index >= 15 is 0 Å². The minimum Gasteiger partial charge on any atom is -0.455 e. The van der Waals surface area contributed by atoms with Gasteiger partial charge in [0.15, 0.2) is 0 Å². The van der Waals surface area contributed by atoms with Gasteiger partial charge < -0.3 is 4.42 Å². The molecule has 0 amide bonds. The molecule has 0 aliphatic rings. The molecule has 0 unspecified atom stereocenters. The van der Waals surface area contributed by atoms with Gasteiger partial charge in [-0.25, -0.2) is 0 Å². The van der Waals surface area contributed by atoms with E-state index in [4.69, 9.17) is 22.2 Å². The van der Waals surface area contributed by atoms with Crippen LogP contribution in [0.2, 0.25) is 0 Å². The Bertz CT molecular complexity index is 5190. The second-order valence-corrected chi connectivity index (χ2v) is 12.8. The van der Waals surface area contributed by atoms with E-state index in [1.165, 1.54) is 0 Å². The second-order valence-electron chi connectivity index (χ2n) is 12.8. The monoisotopic (exact) mass is 724 g/mol. The minimum atomic E-state index is -1.13. The van der Waals surface area contributed by atoms with Crippen LogP contribution in [-0.2, 0) is 0 Å². The highest BCUT2D eigenvalue weighted by molar-refractivity contribution is 6.27. The molecule has 12 aromatic carbocycles. The molecule has 0 fully saturated rings. The number of fused-ring (bicyclic) bond motifs is 5. The molecule has 0 atom stereocenters. The largest absolute Gasteiger partial charge is 0.455 e. The number of hydrogen-bond acceptors (Lipinski definition) is 1. The van der Waals surface area contributed by atoms with E-state index < -0.39 is 301 Å². The fourth-order valence-electron chi connectivity index (χ4n) is 7.50. The lowest BCUT2D eigenvalue weighted by molar-refractivity contribution is 0.673. The van der Waals surface area contributed by atoms with Gasteiger partial charge in [-0.15, -0.1) is 0 Å². The Labute approximate surface area is 358 Å². The van der Waals surface area contributed by atoms with Crippen LogP contribution in [0.4, 0.5) is 0 Å². The molecule has 13 aromatic rings. The minimum absolute atomic E-state index is 0.369. The van der Waals surface area contributed by atoms with Gasteiger partial charge in [-0.1, -0.05) is 151 Å². The lowest BCUT2D eigenvalue weighted by Gasteiger charge is -2.18. The maximum Gasteiger partial charge on any atom is 0.143 e. The molecular formula is C54H30O. The lowest BCUT2D eigenvalue weighted by Crippen LogP contribution is -1.91. The Morgan fingerprint density at radius 3 is 1.33 bits per heavy atom. The smallest absolute Gasteiger partial charge is 0.143 e. The molecule has 0 radical (unpaired) electrons. The number of rotatable bonds is 3. The van der Waals surface area contributed by atoms with E-state index in [1.54, 1.807) is 0 Å². The molecule has 0 saturated heterocycles. The van der Waals surface area contributed by atoms with Crippen molar-refractivity contribution in [3.8, 4) is 33.4 Å². The molecular weight excluding hydrogens is 665 g/mol. The molecule has 0 N–H and O–H groups in total. The van der Waals surface area contributed by atoms with Crippen molar-refractivity contribution in [1.82, 2.24) is 0 Å². The van der Waals surface area contributed by atoms with Crippen molar-refractivity contribution in [1.29, 1.82) is 0 Å². The van der Waals surface area contributed by atoms with Gasteiger partial charge >= 0.3 is 0 Å². The third-order valence-electron chi connectivity index (χ3n) is 9.87. The van der Waals surface area contributed by atoms with Gasteiger partial charge in [0.1, 0.15) is 11.2 Å². The van der Waals surface area contributed by atoms with Crippen LogP contribution in [0.3, 0.4) is 0 Å². The van der Waals surface area contributed by atoms with Crippen LogP contribution < -0.4 is 0 Å². The Morgan fingerprint density at radius 1 is 0.291 bits per heavy atom. The second kappa shape index (κ2) is 10.7. The highest BCUT2D eigenvalue weighted by Crippen LogP contribution is 2.46. The maximum atomic E-state index is 10.4. The van der Waals surface area contributed by atoms with Gasteiger partial charge in [0.2, 0.25) is 0 Å². The lowest BCUT2D eigenvalue weighted by atomic mass is 9.85. The predicted molar refractivity (Wildman–Crippen MR) is 235 cm³/mol. The summed E-state index contributed by atoms with van der Waals surface area (Å²) in [6.45, 7) is 0. The zero-order chi connectivity index (χ0) is 61.9. The Kier molecular flexibility index (Phi) is 2.52. The summed E-state index contributed by atoms with van der Waals surface area (Å²) in [4.78, 5) is 0. The van der Waals surface area contributed by atoms with Gasteiger partial charge in [-0.3, -0.25) is 0 Å². The summed E-state index contributed by atoms with van der Waals surface area (Å²) in [6.07, 6.45) is 0. The summed E-state index contributed by atoms with van der Waals surface area (Å²) >= 11 is 0. The van der Waals surface area contributed by atoms with Crippen LogP contribution in [0.5, 0.6) is 0 Å². The first-order valence-corrected chi connectivity index (χ1v) is 16.7. The summed E-state index contributed by atoms with van der Waals surface area (Å²) in [5.41, 5.74) is -6.60. The molecule has 1 nitrogen and oxygen atoms in total. The van der Waals surface area contributed by atoms with Crippen molar-refractivity contribution >= 4 is 97.3 Å². The molecule has 13 rings (SSSR count). The Morgan fingerprint density at radius 2 is 0.727 bits per heavy atom. The van der Waals surface area contributed by atoms with Crippen LogP contribution >= 0.6 is 0 Å². The molecule has 0 bridgehead atoms. The summed E-state index contributed by atoms with van der Waals surface area (Å²) in [5.74, 6) is 0. The molecule has 1 heteroatoms. The SMILES string of the molecule is [2H]c1c(-c2c([2H])c([2H])c3c([2H])c([2H])c4c([2H])c([2H])c([2H])c5c([2H])c([2H])c2c3c45)c([2H])c(-c2c([2H])c([2H])c([2H])c3oc4c5c([2H])c([2H])c([2H])c([2H])c5c([2H])c([2H])c4c23)c([2H])c1-c1c([2H])c([2H])c2c([2H])c([2H])c3c([2H])c([2H])c([2H])c4c([2H])c([2H])c1c2c34. The summed E-state index contributed by atoms with van der Waals surface area (Å²) in [5, 5.41) is -8.13. The van der Waals surface area contributed by atoms with Crippen LogP contribution in [0.1, 0.15) is 41.1 Å². The summed E-state index contributed by atoms with van der Waals surface area (Å²) in [6, 6.07) is -26.6. The van der Waals surface area contributed by atoms with E-state index in [9.17, 15) is 23.3 Å². The van der Waals surface area contributed by atoms with E-state index in [-0.39, 0.29) is 10.8 Å². The van der Waals surface area contributed by atoms with Crippen LogP contribution in [-0.4, -0.2) is 0 Å². The molecule has 55 heavy (non-hydrogen) atoms. The molecule has 1 aromatic heterocycles. The summed E-state index contributed by atoms with van der Waals surface area (Å²) < 4.78 is 285. The van der Waals surface area contributed by atoms with Gasteiger partial charge in [0.05, 0.1) is 41.1 Å². The van der Waals surface area contributed by atoms with Gasteiger partial charge in [-0.05, 0) is 134 Å². The van der Waals surface area contributed by atoms with Crippen LogP contribution in [0.15, 0.2) is 186 Å². The normalized spacial score (nSPS) is 20.0. The summed E-state index contributed by atoms with van der Waals surface area (Å²) in [7, 11) is 0. The predicted octanol–water partition coefficient (Wildman–Crippen LogP) is 15.5. The Hall–Kier alpha value is -7.22. The van der Waals surface area contributed by atoms with Crippen molar-refractivity contribution in [3.63, 3.8) is 0 Å². The average Bonchev–Trinajstić information content (AvgIpc) is 0.942. The van der Waals surface area contributed by atoms with Crippen molar-refractivity contribution in [2.45, 2.75) is 0 Å². The van der Waals surface area contributed by atoms with Gasteiger partial charge in [0.25, 0.3) is 0 Å². The molecule has 1 heterocycles. The third kappa shape index (κ3) is 4.02. The number of hydrogen-bond donors (Lipinski definition) is 0. The topological polar surface area (TPSA) is 13.1 Å². The number of benzene rings is 12. The van der Waals surface area contributed by atoms with Gasteiger partial charge in [0, 0.05) is 16.2 Å². The molecule has 0 aliphatic carbocycles. The first-order chi connectivity index (χ1) is 39.8. The van der Waals surface area contributed by atoms with Gasteiger partial charge in [-0.2, -0.15) is 0 Å². The molecule has 0 spiro atoms. The first-order valence-electron chi connectivity index (χ1n) is 31.7. The Balaban J connectivity index is 1.35. The average molecular weight is 725 g/mol. The van der Waals surface area contributed by atoms with Crippen LogP contribution in [0.25, 0.3) is 131 Å². The van der Waals surface area contributed by atoms with E-state index in [0.717, 1.165) is 0 Å². The van der Waals surface area contributed by atoms with E-state index in [1.807, 2.05) is 0 Å². The zero-order valence-corrected chi connectivity index (χ0v) is 27.4. The van der Waals surface area contributed by atoms with Crippen molar-refractivity contribution in [2.24, 2.45) is 0 Å². The number of furan rings is 1. The highest BCUT2D eigenvalue weighted by Gasteiger charge is 2.19. The quantitative estimate of drug-likeness (QED) is 0.165. The highest BCUT2D eigenvalue weighted by atomic mass is 16.3. The first kappa shape index (κ1) is 13.0. The fraction of sp³-hybridized carbons (Fsp3) is 0. The van der Waals surface area contributed by atoms with Crippen molar-refractivity contribution < 1.29 is 45.5 Å². The van der Waals surface area contributed by atoms with Crippen molar-refractivity contribution in [2.75, 3.05) is 0 Å². The zero-order valence-electron chi connectivity index (χ0n) is 57.4.